The number of carboxylic acid groups (broad SMARTS) is 1. The van der Waals surface area contributed by atoms with Crippen LogP contribution in [0.3, 0.4) is 0 Å². The van der Waals surface area contributed by atoms with Gasteiger partial charge in [-0.3, -0.25) is 0 Å². The monoisotopic (exact) mass is 410 g/mol. The van der Waals surface area contributed by atoms with Crippen molar-refractivity contribution in [2.24, 2.45) is 0 Å². The molecule has 0 heterocycles. The van der Waals surface area contributed by atoms with Gasteiger partial charge in [0.25, 0.3) is 0 Å². The van der Waals surface area contributed by atoms with Gasteiger partial charge >= 0.3 is 49.7 Å². The normalized spacial score (nSPS) is 10.7. The molecule has 27 heavy (non-hydrogen) atoms. The minimum absolute atomic E-state index is 0. The summed E-state index contributed by atoms with van der Waals surface area (Å²) in [7, 11) is 0. The number of unbranched alkanes of at least 4 members (excludes halogenated alkanes) is 15. The van der Waals surface area contributed by atoms with Crippen LogP contribution >= 0.6 is 0 Å². The fourth-order valence-corrected chi connectivity index (χ4v) is 3.01. The van der Waals surface area contributed by atoms with Gasteiger partial charge in [-0.15, -0.1) is 0 Å². The van der Waals surface area contributed by atoms with E-state index in [0.29, 0.717) is 6.61 Å². The van der Waals surface area contributed by atoms with E-state index in [9.17, 15) is 9.59 Å². The zero-order chi connectivity index (χ0) is 19.3. The van der Waals surface area contributed by atoms with Crippen molar-refractivity contribution in [3.8, 4) is 0 Å². The molecule has 0 spiro atoms. The predicted octanol–water partition coefficient (Wildman–Crippen LogP) is 5.52. The third-order valence-corrected chi connectivity index (χ3v) is 4.60. The van der Waals surface area contributed by atoms with Crippen LogP contribution in [0, 0.1) is 0 Å². The molecule has 156 valence electrons. The van der Waals surface area contributed by atoms with E-state index in [4.69, 9.17) is 9.84 Å². The van der Waals surface area contributed by atoms with Crippen LogP contribution in [0.15, 0.2) is 12.2 Å². The van der Waals surface area contributed by atoms with Crippen molar-refractivity contribution in [3.05, 3.63) is 12.2 Å². The van der Waals surface area contributed by atoms with Gasteiger partial charge in [-0.05, 0) is 6.42 Å². The molecule has 0 unspecified atom stereocenters. The number of ether oxygens (including phenoxy) is 1. The Morgan fingerprint density at radius 1 is 0.667 bits per heavy atom. The quantitative estimate of drug-likeness (QED) is 0.132. The van der Waals surface area contributed by atoms with Crippen molar-refractivity contribution in [1.29, 1.82) is 0 Å². The molecule has 0 aliphatic heterocycles. The summed E-state index contributed by atoms with van der Waals surface area (Å²) in [4.78, 5) is 21.4. The summed E-state index contributed by atoms with van der Waals surface area (Å²) >= 11 is 0. The van der Waals surface area contributed by atoms with E-state index < -0.39 is 11.9 Å². The van der Waals surface area contributed by atoms with Crippen molar-refractivity contribution in [2.75, 3.05) is 6.61 Å². The summed E-state index contributed by atoms with van der Waals surface area (Å²) < 4.78 is 4.92. The molecule has 0 saturated carbocycles. The van der Waals surface area contributed by atoms with Crippen LogP contribution in [0.25, 0.3) is 0 Å². The molecule has 5 heteroatoms. The van der Waals surface area contributed by atoms with Crippen molar-refractivity contribution < 1.29 is 19.4 Å². The fourth-order valence-electron chi connectivity index (χ4n) is 3.01. The number of esters is 1. The maximum absolute atomic E-state index is 11.1. The van der Waals surface area contributed by atoms with Gasteiger partial charge in [0.05, 0.1) is 6.61 Å². The average molecular weight is 411 g/mol. The van der Waals surface area contributed by atoms with E-state index in [1.165, 1.54) is 89.9 Å². The Balaban J connectivity index is 0. The van der Waals surface area contributed by atoms with Crippen LogP contribution in [0.1, 0.15) is 110 Å². The molecular weight excluding hydrogens is 368 g/mol. The van der Waals surface area contributed by atoms with E-state index in [1.807, 2.05) is 0 Å². The third-order valence-electron chi connectivity index (χ3n) is 4.60. The molecule has 0 aromatic rings. The Morgan fingerprint density at radius 3 is 1.41 bits per heavy atom. The van der Waals surface area contributed by atoms with Crippen LogP contribution < -0.4 is 0 Å². The molecule has 0 amide bonds. The van der Waals surface area contributed by atoms with Crippen LogP contribution in [-0.2, 0) is 14.3 Å². The summed E-state index contributed by atoms with van der Waals surface area (Å²) in [6.07, 6.45) is 22.7. The van der Waals surface area contributed by atoms with Gasteiger partial charge < -0.3 is 9.84 Å². The predicted molar refractivity (Wildman–Crippen MR) is 116 cm³/mol. The maximum atomic E-state index is 11.1. The van der Waals surface area contributed by atoms with Crippen LogP contribution in [0.4, 0.5) is 0 Å². The SMILES string of the molecule is CCCCCCCCCCCCCCCCCCOC(=O)/C=C/C(=O)O.[CaH2]. The number of carboxylic acids is 1. The number of hydrogen-bond acceptors (Lipinski definition) is 3. The minimum atomic E-state index is -1.13. The fraction of sp³-hybridized carbons (Fsp3) is 0.818. The third kappa shape index (κ3) is 25.9. The molecule has 0 fully saturated rings. The molecule has 0 bridgehead atoms. The molecule has 0 rings (SSSR count). The molecule has 0 aromatic carbocycles. The molecule has 1 N–H and O–H groups in total. The van der Waals surface area contributed by atoms with Crippen LogP contribution in [0.2, 0.25) is 0 Å². The Kier molecular flexibility index (Phi) is 25.9. The zero-order valence-electron chi connectivity index (χ0n) is 16.8. The van der Waals surface area contributed by atoms with Crippen molar-refractivity contribution in [2.45, 2.75) is 110 Å². The number of carbonyl (C=O) groups is 2. The molecule has 0 radical (unpaired) electrons. The van der Waals surface area contributed by atoms with E-state index >= 15 is 0 Å². The molecule has 4 nitrogen and oxygen atoms in total. The first-order chi connectivity index (χ1) is 12.7. The summed E-state index contributed by atoms with van der Waals surface area (Å²) in [6.45, 7) is 2.64. The molecular formula is C22H42CaO4. The second kappa shape index (κ2) is 24.0. The second-order valence-electron chi connectivity index (χ2n) is 7.14. The van der Waals surface area contributed by atoms with E-state index in [-0.39, 0.29) is 37.7 Å². The average Bonchev–Trinajstić information content (AvgIpc) is 2.62. The van der Waals surface area contributed by atoms with Gasteiger partial charge in [0, 0.05) is 12.2 Å². The van der Waals surface area contributed by atoms with Gasteiger partial charge in [-0.2, -0.15) is 0 Å². The second-order valence-corrected chi connectivity index (χ2v) is 7.14. The Labute approximate surface area is 196 Å². The van der Waals surface area contributed by atoms with E-state index in [2.05, 4.69) is 6.92 Å². The van der Waals surface area contributed by atoms with Crippen LogP contribution in [-0.4, -0.2) is 61.4 Å². The molecule has 0 atom stereocenters. The topological polar surface area (TPSA) is 63.6 Å². The van der Waals surface area contributed by atoms with Crippen molar-refractivity contribution >= 4 is 49.7 Å². The number of rotatable bonds is 19. The van der Waals surface area contributed by atoms with Crippen molar-refractivity contribution in [1.82, 2.24) is 0 Å². The Bertz CT molecular complexity index is 369. The standard InChI is InChI=1S/C22H40O4.Ca.2H/c1-2-3-4-5-6-7-8-9-10-11-12-13-14-15-16-17-20-26-22(25)19-18-21(23)24;;;/h18-19H,2-17,20H2,1H3,(H,23,24);;;/b19-18+;;;. The Morgan fingerprint density at radius 2 is 1.04 bits per heavy atom. The number of aliphatic carboxylic acids is 1. The molecule has 0 aliphatic rings. The summed E-state index contributed by atoms with van der Waals surface area (Å²) in [5, 5.41) is 8.39. The Hall–Kier alpha value is -0.0603. The van der Waals surface area contributed by atoms with E-state index in [0.717, 1.165) is 25.0 Å². The van der Waals surface area contributed by atoms with Crippen molar-refractivity contribution in [3.63, 3.8) is 0 Å². The van der Waals surface area contributed by atoms with Gasteiger partial charge in [0.15, 0.2) is 0 Å². The van der Waals surface area contributed by atoms with E-state index in [1.54, 1.807) is 0 Å². The summed E-state index contributed by atoms with van der Waals surface area (Å²) in [5.41, 5.74) is 0. The van der Waals surface area contributed by atoms with Gasteiger partial charge in [0.1, 0.15) is 0 Å². The first kappa shape index (κ1) is 29.1. The van der Waals surface area contributed by atoms with Gasteiger partial charge in [-0.25, -0.2) is 9.59 Å². The first-order valence-electron chi connectivity index (χ1n) is 10.7. The summed E-state index contributed by atoms with van der Waals surface area (Å²) in [6, 6.07) is 0. The first-order valence-corrected chi connectivity index (χ1v) is 10.7. The number of carbonyl (C=O) groups excluding carboxylic acids is 1. The molecule has 0 aromatic heterocycles. The van der Waals surface area contributed by atoms with Gasteiger partial charge in [0.2, 0.25) is 0 Å². The van der Waals surface area contributed by atoms with Crippen LogP contribution in [0.5, 0.6) is 0 Å². The zero-order valence-corrected chi connectivity index (χ0v) is 16.8. The number of hydrogen-bond donors (Lipinski definition) is 1. The van der Waals surface area contributed by atoms with Gasteiger partial charge in [-0.1, -0.05) is 103 Å². The summed E-state index contributed by atoms with van der Waals surface area (Å²) in [5.74, 6) is -1.71. The molecule has 0 aliphatic carbocycles. The molecule has 0 saturated heterocycles.